The van der Waals surface area contributed by atoms with E-state index in [2.05, 4.69) is 6.58 Å². The zero-order chi connectivity index (χ0) is 18.0. The second-order valence-corrected chi connectivity index (χ2v) is 5.21. The highest BCUT2D eigenvalue weighted by Gasteiger charge is 2.39. The van der Waals surface area contributed by atoms with Crippen molar-refractivity contribution in [2.24, 2.45) is 0 Å². The third kappa shape index (κ3) is 3.30. The van der Waals surface area contributed by atoms with Crippen LogP contribution in [0.5, 0.6) is 17.2 Å². The Hall–Kier alpha value is -2.68. The third-order valence-corrected chi connectivity index (χ3v) is 3.54. The molecule has 0 bridgehead atoms. The molecule has 3 unspecified atom stereocenters. The largest absolute Gasteiger partial charge is 0.508 e. The van der Waals surface area contributed by atoms with Crippen LogP contribution in [0.2, 0.25) is 0 Å². The van der Waals surface area contributed by atoms with Crippen LogP contribution < -0.4 is 4.74 Å². The molecule has 0 radical (unpaired) electrons. The van der Waals surface area contributed by atoms with Crippen LogP contribution in [-0.2, 0) is 0 Å². The van der Waals surface area contributed by atoms with Gasteiger partial charge >= 0.3 is 0 Å². The molecule has 0 saturated carbocycles. The molecular formula is C16H18O8. The monoisotopic (exact) mass is 338 g/mol. The van der Waals surface area contributed by atoms with E-state index in [0.29, 0.717) is 0 Å². The van der Waals surface area contributed by atoms with Crippen molar-refractivity contribution in [3.63, 3.8) is 0 Å². The predicted molar refractivity (Wildman–Crippen MR) is 82.8 cm³/mol. The number of benzene rings is 1. The van der Waals surface area contributed by atoms with E-state index in [9.17, 15) is 25.5 Å². The van der Waals surface area contributed by atoms with Crippen LogP contribution in [0.4, 0.5) is 0 Å². The van der Waals surface area contributed by atoms with Gasteiger partial charge in [-0.25, -0.2) is 0 Å². The molecule has 24 heavy (non-hydrogen) atoms. The van der Waals surface area contributed by atoms with Gasteiger partial charge in [-0.15, -0.1) is 0 Å². The molecule has 8 heteroatoms. The standard InChI is InChI=1S/C16H18O8/c1-7(18)10(20)4-8(2-3-17)16-15(23)14(22)13-11(21)5-9(19)6-12(13)24-16/h2,4-6,14-23H,1,3H2/b8-2+,10-4+. The van der Waals surface area contributed by atoms with E-state index in [1.165, 1.54) is 6.08 Å². The fourth-order valence-corrected chi connectivity index (χ4v) is 2.40. The van der Waals surface area contributed by atoms with Crippen LogP contribution in [0.3, 0.4) is 0 Å². The van der Waals surface area contributed by atoms with Gasteiger partial charge in [-0.05, 0) is 11.6 Å². The van der Waals surface area contributed by atoms with Crippen molar-refractivity contribution < 1.29 is 40.5 Å². The maximum Gasteiger partial charge on any atom is 0.157 e. The van der Waals surface area contributed by atoms with Crippen molar-refractivity contribution in [3.05, 3.63) is 53.5 Å². The van der Waals surface area contributed by atoms with Gasteiger partial charge in [0.1, 0.15) is 35.2 Å². The van der Waals surface area contributed by atoms with E-state index in [1.807, 2.05) is 0 Å². The first-order valence-electron chi connectivity index (χ1n) is 6.94. The molecule has 1 aromatic carbocycles. The molecule has 8 nitrogen and oxygen atoms in total. The average molecular weight is 338 g/mol. The number of aromatic hydroxyl groups is 2. The number of rotatable bonds is 4. The van der Waals surface area contributed by atoms with Gasteiger partial charge < -0.3 is 40.5 Å². The van der Waals surface area contributed by atoms with Crippen LogP contribution >= 0.6 is 0 Å². The SMILES string of the molecule is C=C(O)/C(O)=C\C(=C/CO)C1Oc2cc(O)cc(O)c2C(O)C1O. The molecule has 1 aliphatic heterocycles. The summed E-state index contributed by atoms with van der Waals surface area (Å²) < 4.78 is 5.50. The van der Waals surface area contributed by atoms with Crippen LogP contribution in [-0.4, -0.2) is 54.6 Å². The highest BCUT2D eigenvalue weighted by Crippen LogP contribution is 2.44. The Morgan fingerprint density at radius 1 is 1.21 bits per heavy atom. The Morgan fingerprint density at radius 3 is 2.46 bits per heavy atom. The minimum atomic E-state index is -1.55. The van der Waals surface area contributed by atoms with E-state index in [0.717, 1.165) is 18.2 Å². The summed E-state index contributed by atoms with van der Waals surface area (Å²) in [5, 5.41) is 67.7. The van der Waals surface area contributed by atoms with E-state index in [4.69, 9.17) is 14.9 Å². The number of aliphatic hydroxyl groups is 5. The Labute approximate surface area is 137 Å². The van der Waals surface area contributed by atoms with Crippen LogP contribution in [0.25, 0.3) is 0 Å². The van der Waals surface area contributed by atoms with E-state index in [1.54, 1.807) is 0 Å². The summed E-state index contributed by atoms with van der Waals surface area (Å²) in [6.07, 6.45) is -2.15. The van der Waals surface area contributed by atoms with Gasteiger partial charge in [-0.3, -0.25) is 0 Å². The number of ether oxygens (including phenoxy) is 1. The molecule has 0 saturated heterocycles. The summed E-state index contributed by atoms with van der Waals surface area (Å²) in [5.41, 5.74) is -0.0510. The smallest absolute Gasteiger partial charge is 0.157 e. The van der Waals surface area contributed by atoms with Crippen molar-refractivity contribution in [3.8, 4) is 17.2 Å². The van der Waals surface area contributed by atoms with Crippen LogP contribution in [0.15, 0.2) is 48.0 Å². The topological polar surface area (TPSA) is 151 Å². The second kappa shape index (κ2) is 6.83. The number of hydrogen-bond donors (Lipinski definition) is 7. The molecule has 0 spiro atoms. The summed E-state index contributed by atoms with van der Waals surface area (Å²) >= 11 is 0. The first-order chi connectivity index (χ1) is 11.3. The molecule has 3 atom stereocenters. The van der Waals surface area contributed by atoms with E-state index < -0.39 is 42.2 Å². The van der Waals surface area contributed by atoms with Crippen molar-refractivity contribution in [1.82, 2.24) is 0 Å². The van der Waals surface area contributed by atoms with E-state index in [-0.39, 0.29) is 22.6 Å². The summed E-state index contributed by atoms with van der Waals surface area (Å²) in [6, 6.07) is 2.13. The zero-order valence-electron chi connectivity index (χ0n) is 12.5. The lowest BCUT2D eigenvalue weighted by atomic mass is 9.91. The van der Waals surface area contributed by atoms with Crippen LogP contribution in [0.1, 0.15) is 11.7 Å². The first kappa shape index (κ1) is 17.7. The van der Waals surface area contributed by atoms with E-state index >= 15 is 0 Å². The molecule has 0 fully saturated rings. The molecular weight excluding hydrogens is 320 g/mol. The van der Waals surface area contributed by atoms with Gasteiger partial charge in [0.15, 0.2) is 11.9 Å². The number of aliphatic hydroxyl groups excluding tert-OH is 5. The molecule has 7 N–H and O–H groups in total. The van der Waals surface area contributed by atoms with Gasteiger partial charge in [0.05, 0.1) is 12.2 Å². The Balaban J connectivity index is 2.49. The lowest BCUT2D eigenvalue weighted by Crippen LogP contribution is -2.41. The molecule has 2 rings (SSSR count). The maximum absolute atomic E-state index is 10.3. The first-order valence-corrected chi connectivity index (χ1v) is 6.94. The van der Waals surface area contributed by atoms with Crippen molar-refractivity contribution in [2.75, 3.05) is 6.61 Å². The number of phenolic OH excluding ortho intramolecular Hbond substituents is 2. The van der Waals surface area contributed by atoms with Gasteiger partial charge in [0.25, 0.3) is 0 Å². The fraction of sp³-hybridized carbons (Fsp3) is 0.250. The Morgan fingerprint density at radius 2 is 1.88 bits per heavy atom. The number of fused-ring (bicyclic) bond motifs is 1. The zero-order valence-corrected chi connectivity index (χ0v) is 12.5. The maximum atomic E-state index is 10.3. The Kier molecular flexibility index (Phi) is 5.03. The molecule has 0 amide bonds. The summed E-state index contributed by atoms with van der Waals surface area (Å²) in [7, 11) is 0. The molecule has 1 heterocycles. The van der Waals surface area contributed by atoms with Gasteiger partial charge in [-0.1, -0.05) is 12.7 Å². The lowest BCUT2D eigenvalue weighted by molar-refractivity contribution is -0.0557. The molecule has 1 aromatic rings. The van der Waals surface area contributed by atoms with Gasteiger partial charge in [0, 0.05) is 12.1 Å². The summed E-state index contributed by atoms with van der Waals surface area (Å²) in [5.74, 6) is -2.10. The quantitative estimate of drug-likeness (QED) is 0.313. The highest BCUT2D eigenvalue weighted by molar-refractivity contribution is 5.53. The molecule has 0 aromatic heterocycles. The molecule has 0 aliphatic carbocycles. The van der Waals surface area contributed by atoms with Gasteiger partial charge in [0.2, 0.25) is 0 Å². The average Bonchev–Trinajstić information content (AvgIpc) is 2.49. The normalized spacial score (nSPS) is 24.2. The highest BCUT2D eigenvalue weighted by atomic mass is 16.5. The van der Waals surface area contributed by atoms with Crippen LogP contribution in [0, 0.1) is 0 Å². The van der Waals surface area contributed by atoms with Crippen molar-refractivity contribution >= 4 is 0 Å². The van der Waals surface area contributed by atoms with Crippen molar-refractivity contribution in [1.29, 1.82) is 0 Å². The fourth-order valence-electron chi connectivity index (χ4n) is 2.40. The lowest BCUT2D eigenvalue weighted by Gasteiger charge is -2.35. The molecule has 130 valence electrons. The minimum Gasteiger partial charge on any atom is -0.508 e. The second-order valence-electron chi connectivity index (χ2n) is 5.21. The minimum absolute atomic E-state index is 0.0465. The summed E-state index contributed by atoms with van der Waals surface area (Å²) in [4.78, 5) is 0. The predicted octanol–water partition coefficient (Wildman–Crippen LogP) is 0.685. The summed E-state index contributed by atoms with van der Waals surface area (Å²) in [6.45, 7) is 2.66. The number of phenols is 2. The van der Waals surface area contributed by atoms with Crippen molar-refractivity contribution in [2.45, 2.75) is 18.3 Å². The third-order valence-electron chi connectivity index (χ3n) is 3.54. The van der Waals surface area contributed by atoms with Gasteiger partial charge in [-0.2, -0.15) is 0 Å². The Bertz CT molecular complexity index is 706. The molecule has 1 aliphatic rings. The number of hydrogen-bond acceptors (Lipinski definition) is 8.